The zero-order valence-electron chi connectivity index (χ0n) is 13.4. The van der Waals surface area contributed by atoms with Crippen molar-refractivity contribution in [3.63, 3.8) is 0 Å². The molecule has 116 valence electrons. The van der Waals surface area contributed by atoms with Crippen LogP contribution in [-0.2, 0) is 11.3 Å². The van der Waals surface area contributed by atoms with Crippen LogP contribution in [0.25, 0.3) is 0 Å². The molecule has 2 rings (SSSR count). The monoisotopic (exact) mass is 297 g/mol. The average Bonchev–Trinajstić information content (AvgIpc) is 2.50. The van der Waals surface area contributed by atoms with Gasteiger partial charge in [-0.3, -0.25) is 9.78 Å². The van der Waals surface area contributed by atoms with Crippen molar-refractivity contribution in [1.29, 1.82) is 0 Å². The third-order valence-electron chi connectivity index (χ3n) is 3.51. The van der Waals surface area contributed by atoms with Crippen molar-refractivity contribution in [2.45, 2.75) is 33.2 Å². The number of aryl methyl sites for hydroxylation is 1. The predicted molar refractivity (Wildman–Crippen MR) is 89.8 cm³/mol. The van der Waals surface area contributed by atoms with Gasteiger partial charge in [0.25, 0.3) is 0 Å². The van der Waals surface area contributed by atoms with Crippen LogP contribution in [0, 0.1) is 6.92 Å². The van der Waals surface area contributed by atoms with Crippen LogP contribution >= 0.6 is 0 Å². The molecular formula is C18H23N3O. The third kappa shape index (κ3) is 4.40. The smallest absolute Gasteiger partial charge is 0.238 e. The predicted octanol–water partition coefficient (Wildman–Crippen LogP) is 3.24. The highest BCUT2D eigenvalue weighted by Crippen LogP contribution is 2.27. The van der Waals surface area contributed by atoms with E-state index in [0.29, 0.717) is 12.5 Å². The van der Waals surface area contributed by atoms with Gasteiger partial charge in [-0.1, -0.05) is 38.1 Å². The summed E-state index contributed by atoms with van der Waals surface area (Å²) in [6.45, 7) is 7.12. The van der Waals surface area contributed by atoms with Crippen LogP contribution in [-0.4, -0.2) is 17.4 Å². The summed E-state index contributed by atoms with van der Waals surface area (Å²) in [7, 11) is 0. The van der Waals surface area contributed by atoms with Gasteiger partial charge in [0.05, 0.1) is 12.2 Å². The second-order valence-electron chi connectivity index (χ2n) is 5.67. The van der Waals surface area contributed by atoms with Gasteiger partial charge in [-0.2, -0.15) is 0 Å². The number of benzene rings is 1. The van der Waals surface area contributed by atoms with Gasteiger partial charge in [0.15, 0.2) is 0 Å². The lowest BCUT2D eigenvalue weighted by Gasteiger charge is -2.16. The molecule has 1 heterocycles. The molecule has 0 fully saturated rings. The van der Waals surface area contributed by atoms with Gasteiger partial charge in [0, 0.05) is 18.4 Å². The second kappa shape index (κ2) is 7.71. The first kappa shape index (κ1) is 16.2. The molecule has 0 atom stereocenters. The van der Waals surface area contributed by atoms with Crippen LogP contribution in [0.3, 0.4) is 0 Å². The van der Waals surface area contributed by atoms with Crippen molar-refractivity contribution >= 4 is 11.6 Å². The molecule has 0 radical (unpaired) electrons. The van der Waals surface area contributed by atoms with Crippen LogP contribution in [0.1, 0.15) is 36.6 Å². The Hall–Kier alpha value is -2.20. The van der Waals surface area contributed by atoms with E-state index >= 15 is 0 Å². The van der Waals surface area contributed by atoms with Gasteiger partial charge in [-0.15, -0.1) is 0 Å². The zero-order chi connectivity index (χ0) is 15.9. The minimum absolute atomic E-state index is 0.0351. The highest BCUT2D eigenvalue weighted by Gasteiger charge is 2.11. The molecule has 1 aromatic carbocycles. The maximum atomic E-state index is 12.1. The lowest BCUT2D eigenvalue weighted by molar-refractivity contribution is -0.115. The molecule has 0 aliphatic carbocycles. The summed E-state index contributed by atoms with van der Waals surface area (Å²) in [6, 6.07) is 11.9. The Morgan fingerprint density at radius 3 is 2.68 bits per heavy atom. The van der Waals surface area contributed by atoms with E-state index in [1.54, 1.807) is 6.20 Å². The maximum Gasteiger partial charge on any atom is 0.238 e. The summed E-state index contributed by atoms with van der Waals surface area (Å²) < 4.78 is 0. The van der Waals surface area contributed by atoms with E-state index in [1.807, 2.05) is 37.3 Å². The number of para-hydroxylation sites is 1. The van der Waals surface area contributed by atoms with E-state index in [0.717, 1.165) is 22.5 Å². The summed E-state index contributed by atoms with van der Waals surface area (Å²) in [4.78, 5) is 16.4. The number of amides is 1. The first-order valence-electron chi connectivity index (χ1n) is 7.58. The SMILES string of the molecule is Cc1cccc(C(C)C)c1NC(=O)CNCc1ccccn1. The van der Waals surface area contributed by atoms with Gasteiger partial charge in [-0.05, 0) is 36.1 Å². The molecule has 0 aliphatic heterocycles. The normalized spacial score (nSPS) is 10.7. The quantitative estimate of drug-likeness (QED) is 0.860. The molecule has 0 bridgehead atoms. The fraction of sp³-hybridized carbons (Fsp3) is 0.333. The van der Waals surface area contributed by atoms with Crippen molar-refractivity contribution in [3.8, 4) is 0 Å². The van der Waals surface area contributed by atoms with E-state index in [2.05, 4.69) is 35.5 Å². The number of hydrogen-bond acceptors (Lipinski definition) is 3. The molecule has 0 aliphatic rings. The minimum Gasteiger partial charge on any atom is -0.324 e. The van der Waals surface area contributed by atoms with Crippen molar-refractivity contribution in [2.24, 2.45) is 0 Å². The lowest BCUT2D eigenvalue weighted by atomic mass is 9.98. The summed E-state index contributed by atoms with van der Waals surface area (Å²) in [5.41, 5.74) is 4.11. The maximum absolute atomic E-state index is 12.1. The van der Waals surface area contributed by atoms with E-state index in [1.165, 1.54) is 0 Å². The van der Waals surface area contributed by atoms with Gasteiger partial charge in [0.2, 0.25) is 5.91 Å². The van der Waals surface area contributed by atoms with Crippen LogP contribution in [0.5, 0.6) is 0 Å². The first-order chi connectivity index (χ1) is 10.6. The number of carbonyl (C=O) groups is 1. The Kier molecular flexibility index (Phi) is 5.67. The summed E-state index contributed by atoms with van der Waals surface area (Å²) >= 11 is 0. The van der Waals surface area contributed by atoms with E-state index < -0.39 is 0 Å². The molecule has 2 N–H and O–H groups in total. The van der Waals surface area contributed by atoms with Gasteiger partial charge in [0.1, 0.15) is 0 Å². The Labute approximate surface area is 132 Å². The summed E-state index contributed by atoms with van der Waals surface area (Å²) in [5, 5.41) is 6.14. The van der Waals surface area contributed by atoms with Crippen LogP contribution < -0.4 is 10.6 Å². The van der Waals surface area contributed by atoms with Crippen molar-refractivity contribution in [3.05, 3.63) is 59.4 Å². The molecule has 0 spiro atoms. The molecule has 22 heavy (non-hydrogen) atoms. The van der Waals surface area contributed by atoms with E-state index in [4.69, 9.17) is 0 Å². The number of aromatic nitrogens is 1. The summed E-state index contributed by atoms with van der Waals surface area (Å²) in [6.07, 6.45) is 1.75. The Balaban J connectivity index is 1.92. The number of carbonyl (C=O) groups excluding carboxylic acids is 1. The molecule has 0 saturated carbocycles. The molecule has 4 nitrogen and oxygen atoms in total. The Morgan fingerprint density at radius 1 is 1.18 bits per heavy atom. The minimum atomic E-state index is -0.0351. The van der Waals surface area contributed by atoms with Gasteiger partial charge >= 0.3 is 0 Å². The average molecular weight is 297 g/mol. The molecule has 1 aromatic heterocycles. The number of anilines is 1. The number of rotatable bonds is 6. The number of nitrogens with zero attached hydrogens (tertiary/aromatic N) is 1. The molecule has 0 unspecified atom stereocenters. The molecule has 1 amide bonds. The standard InChI is InChI=1S/C18H23N3O/c1-13(2)16-9-6-7-14(3)18(16)21-17(22)12-19-11-15-8-4-5-10-20-15/h4-10,13,19H,11-12H2,1-3H3,(H,21,22). The van der Waals surface area contributed by atoms with Crippen LogP contribution in [0.15, 0.2) is 42.6 Å². The molecule has 4 heteroatoms. The highest BCUT2D eigenvalue weighted by atomic mass is 16.1. The fourth-order valence-corrected chi connectivity index (χ4v) is 2.33. The Bertz CT molecular complexity index is 623. The molecule has 2 aromatic rings. The lowest BCUT2D eigenvalue weighted by Crippen LogP contribution is -2.28. The fourth-order valence-electron chi connectivity index (χ4n) is 2.33. The third-order valence-corrected chi connectivity index (χ3v) is 3.51. The zero-order valence-corrected chi connectivity index (χ0v) is 13.4. The number of hydrogen-bond donors (Lipinski definition) is 2. The topological polar surface area (TPSA) is 54.0 Å². The van der Waals surface area contributed by atoms with Crippen LogP contribution in [0.2, 0.25) is 0 Å². The summed E-state index contributed by atoms with van der Waals surface area (Å²) in [5.74, 6) is 0.337. The van der Waals surface area contributed by atoms with E-state index in [9.17, 15) is 4.79 Å². The van der Waals surface area contributed by atoms with Gasteiger partial charge in [-0.25, -0.2) is 0 Å². The number of nitrogens with one attached hydrogen (secondary N) is 2. The Morgan fingerprint density at radius 2 is 2.00 bits per heavy atom. The highest BCUT2D eigenvalue weighted by molar-refractivity contribution is 5.93. The molecule has 0 saturated heterocycles. The van der Waals surface area contributed by atoms with Crippen LogP contribution in [0.4, 0.5) is 5.69 Å². The first-order valence-corrected chi connectivity index (χ1v) is 7.58. The van der Waals surface area contributed by atoms with Crippen molar-refractivity contribution < 1.29 is 4.79 Å². The van der Waals surface area contributed by atoms with Crippen molar-refractivity contribution in [1.82, 2.24) is 10.3 Å². The number of pyridine rings is 1. The van der Waals surface area contributed by atoms with Gasteiger partial charge < -0.3 is 10.6 Å². The van der Waals surface area contributed by atoms with E-state index in [-0.39, 0.29) is 12.5 Å². The second-order valence-corrected chi connectivity index (χ2v) is 5.67. The van der Waals surface area contributed by atoms with Crippen molar-refractivity contribution in [2.75, 3.05) is 11.9 Å². The largest absolute Gasteiger partial charge is 0.324 e. The molecular weight excluding hydrogens is 274 g/mol.